The molecule has 0 spiro atoms. The van der Waals surface area contributed by atoms with Gasteiger partial charge in [0.2, 0.25) is 0 Å². The monoisotopic (exact) mass is 361 g/mol. The number of halogens is 2. The number of ether oxygens (including phenoxy) is 2. The fourth-order valence-corrected chi connectivity index (χ4v) is 2.94. The molecule has 0 unspecified atom stereocenters. The maximum atomic E-state index is 6.28. The molecule has 24 heavy (non-hydrogen) atoms. The first-order valence-corrected chi connectivity index (χ1v) is 8.38. The van der Waals surface area contributed by atoms with Gasteiger partial charge in [-0.2, -0.15) is 0 Å². The molecule has 0 fully saturated rings. The summed E-state index contributed by atoms with van der Waals surface area (Å²) >= 11 is 12.5. The van der Waals surface area contributed by atoms with Gasteiger partial charge in [-0.1, -0.05) is 40.9 Å². The minimum Gasteiger partial charge on any atom is -0.490 e. The number of hydrogen-bond donors (Lipinski definition) is 0. The highest BCUT2D eigenvalue weighted by Gasteiger charge is 2.13. The molecule has 124 valence electrons. The van der Waals surface area contributed by atoms with Gasteiger partial charge in [0.1, 0.15) is 24.5 Å². The molecule has 0 saturated carbocycles. The molecule has 0 atom stereocenters. The molecule has 0 radical (unpaired) electrons. The second-order valence-electron chi connectivity index (χ2n) is 5.53. The van der Waals surface area contributed by atoms with E-state index in [1.54, 1.807) is 6.07 Å². The number of aryl methyl sites for hydroxylation is 2. The van der Waals surface area contributed by atoms with E-state index in [1.807, 2.05) is 50.2 Å². The van der Waals surface area contributed by atoms with Gasteiger partial charge in [-0.15, -0.1) is 0 Å². The Labute approximate surface area is 151 Å². The van der Waals surface area contributed by atoms with E-state index in [0.717, 1.165) is 16.8 Å². The van der Waals surface area contributed by atoms with Crippen molar-refractivity contribution in [1.29, 1.82) is 0 Å². The van der Waals surface area contributed by atoms with E-state index >= 15 is 0 Å². The Balaban J connectivity index is 1.73. The molecule has 0 amide bonds. The van der Waals surface area contributed by atoms with E-state index in [4.69, 9.17) is 32.7 Å². The van der Waals surface area contributed by atoms with Crippen molar-refractivity contribution in [2.45, 2.75) is 13.8 Å². The molecule has 0 N–H and O–H groups in total. The van der Waals surface area contributed by atoms with E-state index in [0.29, 0.717) is 34.5 Å². The average molecular weight is 362 g/mol. The third-order valence-corrected chi connectivity index (χ3v) is 4.19. The zero-order chi connectivity index (χ0) is 17.1. The number of nitrogens with zero attached hydrogens (tertiary/aromatic N) is 1. The van der Waals surface area contributed by atoms with Crippen LogP contribution in [0.3, 0.4) is 0 Å². The molecular formula is C19H17Cl2NO2. The molecule has 5 heteroatoms. The Bertz CT molecular complexity index is 863. The van der Waals surface area contributed by atoms with Gasteiger partial charge in [-0.05, 0) is 44.2 Å². The molecule has 3 nitrogen and oxygen atoms in total. The van der Waals surface area contributed by atoms with Crippen molar-refractivity contribution in [2.75, 3.05) is 13.2 Å². The topological polar surface area (TPSA) is 31.4 Å². The number of fused-ring (bicyclic) bond motifs is 1. The molecule has 0 bridgehead atoms. The smallest absolute Gasteiger partial charge is 0.164 e. The van der Waals surface area contributed by atoms with Crippen molar-refractivity contribution < 1.29 is 9.47 Å². The minimum atomic E-state index is 0.361. The Morgan fingerprint density at radius 3 is 2.33 bits per heavy atom. The summed E-state index contributed by atoms with van der Waals surface area (Å²) in [5.41, 5.74) is 2.74. The summed E-state index contributed by atoms with van der Waals surface area (Å²) in [4.78, 5) is 4.51. The molecule has 0 aliphatic carbocycles. The molecule has 0 aliphatic rings. The van der Waals surface area contributed by atoms with Crippen molar-refractivity contribution in [3.8, 4) is 11.5 Å². The van der Waals surface area contributed by atoms with Crippen LogP contribution in [0.5, 0.6) is 11.5 Å². The van der Waals surface area contributed by atoms with E-state index in [-0.39, 0.29) is 0 Å². The highest BCUT2D eigenvalue weighted by atomic mass is 35.5. The van der Waals surface area contributed by atoms with Gasteiger partial charge >= 0.3 is 0 Å². The number of benzene rings is 2. The maximum Gasteiger partial charge on any atom is 0.164 e. The molecule has 0 saturated heterocycles. The van der Waals surface area contributed by atoms with Crippen LogP contribution in [0.15, 0.2) is 42.5 Å². The zero-order valence-electron chi connectivity index (χ0n) is 13.5. The Hall–Kier alpha value is -1.97. The standard InChI is InChI=1S/C19H17Cl2NO2/c1-12-3-6-14(7-4-12)23-9-10-24-19-17(21)11-16(20)15-8-5-13(2)22-18(15)19/h3-8,11H,9-10H2,1-2H3. The van der Waals surface area contributed by atoms with Crippen LogP contribution in [0, 0.1) is 13.8 Å². The van der Waals surface area contributed by atoms with E-state index < -0.39 is 0 Å². The lowest BCUT2D eigenvalue weighted by atomic mass is 10.2. The Morgan fingerprint density at radius 1 is 0.875 bits per heavy atom. The first kappa shape index (κ1) is 16.9. The predicted octanol–water partition coefficient (Wildman–Crippen LogP) is 5.62. The van der Waals surface area contributed by atoms with E-state index in [1.165, 1.54) is 5.56 Å². The van der Waals surface area contributed by atoms with Gasteiger partial charge in [0.05, 0.1) is 10.0 Å². The van der Waals surface area contributed by atoms with Crippen molar-refractivity contribution in [1.82, 2.24) is 4.98 Å². The van der Waals surface area contributed by atoms with Crippen LogP contribution in [0.4, 0.5) is 0 Å². The summed E-state index contributed by atoms with van der Waals surface area (Å²) < 4.78 is 11.5. The van der Waals surface area contributed by atoms with Gasteiger partial charge in [0.25, 0.3) is 0 Å². The maximum absolute atomic E-state index is 6.28. The van der Waals surface area contributed by atoms with Gasteiger partial charge in [-0.3, -0.25) is 0 Å². The first-order valence-electron chi connectivity index (χ1n) is 7.62. The van der Waals surface area contributed by atoms with Crippen LogP contribution in [-0.4, -0.2) is 18.2 Å². The molecule has 0 aliphatic heterocycles. The quantitative estimate of drug-likeness (QED) is 0.553. The molecule has 1 heterocycles. The lowest BCUT2D eigenvalue weighted by molar-refractivity contribution is 0.218. The average Bonchev–Trinajstić information content (AvgIpc) is 2.55. The molecule has 2 aromatic carbocycles. The zero-order valence-corrected chi connectivity index (χ0v) is 15.0. The van der Waals surface area contributed by atoms with Crippen molar-refractivity contribution in [3.63, 3.8) is 0 Å². The lowest BCUT2D eigenvalue weighted by Crippen LogP contribution is -2.09. The summed E-state index contributed by atoms with van der Waals surface area (Å²) in [6, 6.07) is 13.4. The van der Waals surface area contributed by atoms with E-state index in [2.05, 4.69) is 4.98 Å². The molecule has 3 rings (SSSR count). The van der Waals surface area contributed by atoms with Crippen LogP contribution in [0.1, 0.15) is 11.3 Å². The number of rotatable bonds is 5. The predicted molar refractivity (Wildman–Crippen MR) is 98.7 cm³/mol. The Kier molecular flexibility index (Phi) is 5.12. The largest absolute Gasteiger partial charge is 0.490 e. The highest BCUT2D eigenvalue weighted by Crippen LogP contribution is 2.37. The number of hydrogen-bond acceptors (Lipinski definition) is 3. The van der Waals surface area contributed by atoms with Crippen molar-refractivity contribution >= 4 is 34.1 Å². The summed E-state index contributed by atoms with van der Waals surface area (Å²) in [7, 11) is 0. The third kappa shape index (κ3) is 3.74. The van der Waals surface area contributed by atoms with Crippen LogP contribution in [-0.2, 0) is 0 Å². The highest BCUT2D eigenvalue weighted by molar-refractivity contribution is 6.39. The summed E-state index contributed by atoms with van der Waals surface area (Å²) in [6.45, 7) is 4.73. The van der Waals surface area contributed by atoms with Crippen LogP contribution < -0.4 is 9.47 Å². The normalized spacial score (nSPS) is 10.8. The third-order valence-electron chi connectivity index (χ3n) is 3.60. The summed E-state index contributed by atoms with van der Waals surface area (Å²) in [5, 5.41) is 1.83. The lowest BCUT2D eigenvalue weighted by Gasteiger charge is -2.13. The van der Waals surface area contributed by atoms with Crippen molar-refractivity contribution in [2.24, 2.45) is 0 Å². The van der Waals surface area contributed by atoms with Gasteiger partial charge in [0.15, 0.2) is 5.75 Å². The molecule has 1 aromatic heterocycles. The van der Waals surface area contributed by atoms with Gasteiger partial charge < -0.3 is 9.47 Å². The van der Waals surface area contributed by atoms with Crippen LogP contribution >= 0.6 is 23.2 Å². The van der Waals surface area contributed by atoms with E-state index in [9.17, 15) is 0 Å². The fourth-order valence-electron chi connectivity index (χ4n) is 2.37. The summed E-state index contributed by atoms with van der Waals surface area (Å²) in [5.74, 6) is 1.34. The number of pyridine rings is 1. The number of aromatic nitrogens is 1. The SMILES string of the molecule is Cc1ccc(OCCOc2c(Cl)cc(Cl)c3ccc(C)nc23)cc1. The van der Waals surface area contributed by atoms with Crippen molar-refractivity contribution in [3.05, 3.63) is 63.8 Å². The minimum absolute atomic E-state index is 0.361. The molecular weight excluding hydrogens is 345 g/mol. The van der Waals surface area contributed by atoms with Gasteiger partial charge in [0, 0.05) is 11.1 Å². The second-order valence-corrected chi connectivity index (χ2v) is 6.34. The summed E-state index contributed by atoms with van der Waals surface area (Å²) in [6.07, 6.45) is 0. The van der Waals surface area contributed by atoms with Crippen LogP contribution in [0.2, 0.25) is 10.0 Å². The molecule has 3 aromatic rings. The fraction of sp³-hybridized carbons (Fsp3) is 0.211. The van der Waals surface area contributed by atoms with Gasteiger partial charge in [-0.25, -0.2) is 4.98 Å². The second kappa shape index (κ2) is 7.29. The Morgan fingerprint density at radius 2 is 1.58 bits per heavy atom. The van der Waals surface area contributed by atoms with Crippen LogP contribution in [0.25, 0.3) is 10.9 Å². The first-order chi connectivity index (χ1) is 11.5.